The zero-order chi connectivity index (χ0) is 38.4. The molecule has 1 unspecified atom stereocenters. The maximum atomic E-state index is 13.5. The van der Waals surface area contributed by atoms with Crippen molar-refractivity contribution in [3.63, 3.8) is 0 Å². The number of urea groups is 1. The molecule has 0 bridgehead atoms. The number of carbonyl (C=O) groups is 7. The largest absolute Gasteiger partial charge is 0.444 e. The molecule has 280 valence electrons. The minimum absolute atomic E-state index is 0.0902. The van der Waals surface area contributed by atoms with E-state index in [4.69, 9.17) is 10.5 Å². The van der Waals surface area contributed by atoms with Crippen molar-refractivity contribution in [2.24, 2.45) is 11.7 Å². The Morgan fingerprint density at radius 1 is 0.904 bits per heavy atom. The van der Waals surface area contributed by atoms with Crippen molar-refractivity contribution in [1.82, 2.24) is 30.4 Å². The van der Waals surface area contributed by atoms with E-state index in [1.54, 1.807) is 18.8 Å². The van der Waals surface area contributed by atoms with Crippen molar-refractivity contribution < 1.29 is 42.7 Å². The van der Waals surface area contributed by atoms with Gasteiger partial charge in [-0.15, -0.1) is 0 Å². The van der Waals surface area contributed by atoms with Gasteiger partial charge in [0.05, 0.1) is 6.20 Å². The molecule has 0 saturated heterocycles. The van der Waals surface area contributed by atoms with E-state index in [2.05, 4.69) is 21.3 Å². The second-order valence-electron chi connectivity index (χ2n) is 12.1. The molecule has 0 aliphatic carbocycles. The standard InChI is InChI=1S/C33H41FN8O10/c1-19(2)27(39-24(43)8-4-3-5-16-41-25(44)13-14-26(41)45)30(48)38-23(7-6-15-36-31(35)49)29(47)37-21-11-9-20(10-12-21)18-52-33(51)42-17-22(34)28(46)40-32(42)50/h9-14,17,19,23,27H,3-8,15-16,18H2,1-2H3,(H,37,47)(H,38,48)(H,39,43)(H3,35,36,49)(H,40,46,50)/t23-,27?/m0/s1. The van der Waals surface area contributed by atoms with E-state index in [9.17, 15) is 47.5 Å². The van der Waals surface area contributed by atoms with Crippen molar-refractivity contribution >= 4 is 47.3 Å². The normalized spacial score (nSPS) is 13.4. The highest BCUT2D eigenvalue weighted by molar-refractivity contribution is 6.12. The maximum Gasteiger partial charge on any atom is 0.422 e. The molecular weight excluding hydrogens is 687 g/mol. The van der Waals surface area contributed by atoms with Gasteiger partial charge >= 0.3 is 17.8 Å². The summed E-state index contributed by atoms with van der Waals surface area (Å²) in [5.74, 6) is -4.05. The first-order valence-corrected chi connectivity index (χ1v) is 16.4. The summed E-state index contributed by atoms with van der Waals surface area (Å²) >= 11 is 0. The maximum absolute atomic E-state index is 13.5. The fourth-order valence-corrected chi connectivity index (χ4v) is 4.92. The Hall–Kier alpha value is -6.14. The third kappa shape index (κ3) is 12.3. The van der Waals surface area contributed by atoms with Gasteiger partial charge in [-0.25, -0.2) is 19.0 Å². The summed E-state index contributed by atoms with van der Waals surface area (Å²) in [4.78, 5) is 112. The smallest absolute Gasteiger partial charge is 0.422 e. The van der Waals surface area contributed by atoms with Gasteiger partial charge in [0.2, 0.25) is 23.5 Å². The summed E-state index contributed by atoms with van der Waals surface area (Å²) in [7, 11) is 0. The molecule has 1 aliphatic rings. The topological polar surface area (TPSA) is 261 Å². The van der Waals surface area contributed by atoms with Gasteiger partial charge in [0, 0.05) is 37.3 Å². The number of hydrogen-bond acceptors (Lipinski definition) is 10. The number of ether oxygens (including phenoxy) is 1. The zero-order valence-corrected chi connectivity index (χ0v) is 28.6. The van der Waals surface area contributed by atoms with Gasteiger partial charge in [-0.05, 0) is 49.3 Å². The van der Waals surface area contributed by atoms with Crippen LogP contribution in [0.2, 0.25) is 0 Å². The first-order valence-electron chi connectivity index (χ1n) is 16.4. The van der Waals surface area contributed by atoms with Crippen LogP contribution < -0.4 is 38.2 Å². The summed E-state index contributed by atoms with van der Waals surface area (Å²) < 4.78 is 18.8. The highest BCUT2D eigenvalue weighted by atomic mass is 19.1. The molecule has 7 N–H and O–H groups in total. The fourth-order valence-electron chi connectivity index (χ4n) is 4.92. The number of carbonyl (C=O) groups excluding carboxylic acids is 7. The summed E-state index contributed by atoms with van der Waals surface area (Å²) in [6.45, 7) is 3.48. The highest BCUT2D eigenvalue weighted by Gasteiger charge is 2.29. The summed E-state index contributed by atoms with van der Waals surface area (Å²) in [5.41, 5.74) is 3.39. The number of rotatable bonds is 18. The van der Waals surface area contributed by atoms with Gasteiger partial charge in [0.25, 0.3) is 17.4 Å². The van der Waals surface area contributed by atoms with E-state index in [1.165, 1.54) is 36.4 Å². The van der Waals surface area contributed by atoms with Crippen molar-refractivity contribution in [1.29, 1.82) is 0 Å². The molecule has 0 spiro atoms. The molecular formula is C33H41FN8O10. The van der Waals surface area contributed by atoms with Crippen LogP contribution in [0.1, 0.15) is 57.9 Å². The predicted octanol–water partition coefficient (Wildman–Crippen LogP) is 0.359. The van der Waals surface area contributed by atoms with E-state index >= 15 is 0 Å². The van der Waals surface area contributed by atoms with Gasteiger partial charge in [-0.2, -0.15) is 4.39 Å². The van der Waals surface area contributed by atoms with Crippen LogP contribution in [0.15, 0.2) is 52.2 Å². The average Bonchev–Trinajstić information content (AvgIpc) is 3.41. The lowest BCUT2D eigenvalue weighted by Crippen LogP contribution is -2.54. The Bertz CT molecular complexity index is 1790. The molecule has 7 amide bonds. The fraction of sp³-hybridized carbons (Fsp3) is 0.424. The molecule has 0 saturated carbocycles. The Balaban J connectivity index is 1.56. The highest BCUT2D eigenvalue weighted by Crippen LogP contribution is 2.14. The summed E-state index contributed by atoms with van der Waals surface area (Å²) in [5, 5.41) is 10.5. The molecule has 1 aliphatic heterocycles. The number of aromatic amines is 1. The number of aromatic nitrogens is 2. The average molecular weight is 729 g/mol. The number of imide groups is 1. The van der Waals surface area contributed by atoms with Gasteiger partial charge < -0.3 is 31.7 Å². The Morgan fingerprint density at radius 3 is 2.21 bits per heavy atom. The van der Waals surface area contributed by atoms with Gasteiger partial charge in [0.15, 0.2) is 0 Å². The van der Waals surface area contributed by atoms with E-state index < -0.39 is 53.1 Å². The Morgan fingerprint density at radius 2 is 1.58 bits per heavy atom. The number of benzene rings is 1. The third-order valence-corrected chi connectivity index (χ3v) is 7.73. The molecule has 1 aromatic carbocycles. The molecule has 0 fully saturated rings. The van der Waals surface area contributed by atoms with Crippen LogP contribution in [-0.2, 0) is 35.3 Å². The van der Waals surface area contributed by atoms with Crippen LogP contribution in [0, 0.1) is 11.7 Å². The van der Waals surface area contributed by atoms with Crippen LogP contribution in [0.5, 0.6) is 0 Å². The second-order valence-corrected chi connectivity index (χ2v) is 12.1. The van der Waals surface area contributed by atoms with Gasteiger partial charge in [-0.3, -0.25) is 38.7 Å². The van der Waals surface area contributed by atoms with E-state index in [1.807, 2.05) is 0 Å². The lowest BCUT2D eigenvalue weighted by atomic mass is 10.0. The van der Waals surface area contributed by atoms with E-state index in [0.29, 0.717) is 36.7 Å². The van der Waals surface area contributed by atoms with E-state index in [-0.39, 0.29) is 67.2 Å². The number of hydrogen-bond donors (Lipinski definition) is 6. The minimum Gasteiger partial charge on any atom is -0.444 e. The zero-order valence-electron chi connectivity index (χ0n) is 28.6. The van der Waals surface area contributed by atoms with Gasteiger partial charge in [-0.1, -0.05) is 32.4 Å². The predicted molar refractivity (Wildman–Crippen MR) is 182 cm³/mol. The number of nitrogens with zero attached hydrogens (tertiary/aromatic N) is 2. The number of nitrogens with two attached hydrogens (primary N) is 1. The van der Waals surface area contributed by atoms with Crippen molar-refractivity contribution in [3.8, 4) is 0 Å². The molecule has 2 atom stereocenters. The quantitative estimate of drug-likeness (QED) is 0.0907. The number of primary amides is 1. The SMILES string of the molecule is CC(C)C(NC(=O)CCCCCN1C(=O)C=CC1=O)C(=O)N[C@@H](CCCNC(N)=O)C(=O)Nc1ccc(COC(=O)n2cc(F)c(=O)[nH]c2=O)cc1. The number of anilines is 1. The minimum atomic E-state index is -1.35. The van der Waals surface area contributed by atoms with Crippen molar-refractivity contribution in [3.05, 3.63) is 74.8 Å². The van der Waals surface area contributed by atoms with Crippen molar-refractivity contribution in [2.45, 2.75) is 71.1 Å². The molecule has 18 nitrogen and oxygen atoms in total. The molecule has 2 heterocycles. The lowest BCUT2D eigenvalue weighted by Gasteiger charge is -2.25. The number of H-pyrrole nitrogens is 1. The van der Waals surface area contributed by atoms with Crippen LogP contribution in [0.4, 0.5) is 19.7 Å². The van der Waals surface area contributed by atoms with Crippen LogP contribution >= 0.6 is 0 Å². The molecule has 0 radical (unpaired) electrons. The molecule has 1 aromatic heterocycles. The van der Waals surface area contributed by atoms with Crippen LogP contribution in [0.3, 0.4) is 0 Å². The lowest BCUT2D eigenvalue weighted by molar-refractivity contribution is -0.137. The Kier molecular flexibility index (Phi) is 15.0. The summed E-state index contributed by atoms with van der Waals surface area (Å²) in [6, 6.07) is 3.12. The van der Waals surface area contributed by atoms with Crippen molar-refractivity contribution in [2.75, 3.05) is 18.4 Å². The van der Waals surface area contributed by atoms with E-state index in [0.717, 1.165) is 4.90 Å². The van der Waals surface area contributed by atoms with Gasteiger partial charge in [0.1, 0.15) is 18.7 Å². The molecule has 3 rings (SSSR count). The van der Waals surface area contributed by atoms with Crippen LogP contribution in [0.25, 0.3) is 0 Å². The first kappa shape index (κ1) is 40.3. The third-order valence-electron chi connectivity index (χ3n) is 7.73. The number of nitrogens with one attached hydrogen (secondary N) is 5. The molecule has 2 aromatic rings. The molecule has 19 heteroatoms. The number of halogens is 1. The second kappa shape index (κ2) is 19.3. The number of amides is 7. The first-order chi connectivity index (χ1) is 24.7. The number of unbranched alkanes of at least 4 members (excludes halogenated alkanes) is 2. The summed E-state index contributed by atoms with van der Waals surface area (Å²) in [6.07, 6.45) is 3.57. The van der Waals surface area contributed by atoms with Crippen LogP contribution in [-0.4, -0.2) is 81.3 Å². The Labute approximate surface area is 296 Å². The molecule has 52 heavy (non-hydrogen) atoms. The monoisotopic (exact) mass is 728 g/mol.